The number of Topliss-reactive ketones (excluding diaryl/α,β-unsaturated/α-hetero) is 2. The Bertz CT molecular complexity index is 1280. The number of phenols is 2. The van der Waals surface area contributed by atoms with Crippen LogP contribution in [-0.2, 0) is 0 Å². The predicted molar refractivity (Wildman–Crippen MR) is 147 cm³/mol. The maximum atomic E-state index is 14.8. The van der Waals surface area contributed by atoms with E-state index in [1.165, 1.54) is 30.3 Å². The SMILES string of the molecule is Cc1c(F)cccc1C1[C@@H](C(=O)c2cccc(O)c2)CN(C[C@H](CO)N(C)C)C[C@@H]1C(=O)c1cccc(O)c1. The van der Waals surface area contributed by atoms with E-state index in [2.05, 4.69) is 0 Å². The molecular weight excluding hydrogens is 499 g/mol. The maximum absolute atomic E-state index is 14.8. The fourth-order valence-electron chi connectivity index (χ4n) is 5.63. The van der Waals surface area contributed by atoms with Crippen molar-refractivity contribution in [2.24, 2.45) is 11.8 Å². The number of ketones is 2. The third-order valence-electron chi connectivity index (χ3n) is 7.79. The van der Waals surface area contributed by atoms with Crippen LogP contribution in [-0.4, -0.2) is 83.1 Å². The van der Waals surface area contributed by atoms with E-state index in [1.807, 2.05) is 23.9 Å². The van der Waals surface area contributed by atoms with Gasteiger partial charge in [-0.15, -0.1) is 0 Å². The molecule has 0 radical (unpaired) electrons. The van der Waals surface area contributed by atoms with Crippen LogP contribution in [0.25, 0.3) is 0 Å². The standard InChI is InChI=1S/C31H35FN2O5/c1-19-25(11-6-12-28(19)32)29-26(30(38)20-7-4-9-23(36)13-20)16-34(15-22(18-35)33(2)3)17-27(29)31(39)21-8-5-10-24(37)14-21/h4-14,22,26-27,29,35-37H,15-18H2,1-3H3/t22-,26+,27+/m1/s1. The molecule has 0 amide bonds. The van der Waals surface area contributed by atoms with Crippen LogP contribution >= 0.6 is 0 Å². The van der Waals surface area contributed by atoms with Crippen LogP contribution in [0.15, 0.2) is 66.7 Å². The lowest BCUT2D eigenvalue weighted by molar-refractivity contribution is 0.0453. The van der Waals surface area contributed by atoms with Crippen molar-refractivity contribution >= 4 is 11.6 Å². The molecule has 7 nitrogen and oxygen atoms in total. The Balaban J connectivity index is 1.87. The number of benzene rings is 3. The second-order valence-corrected chi connectivity index (χ2v) is 10.5. The number of halogens is 1. The average molecular weight is 535 g/mol. The number of likely N-dealkylation sites (tertiary alicyclic amines) is 1. The second kappa shape index (κ2) is 12.1. The molecule has 3 N–H and O–H groups in total. The van der Waals surface area contributed by atoms with Gasteiger partial charge in [-0.05, 0) is 62.5 Å². The topological polar surface area (TPSA) is 101 Å². The van der Waals surface area contributed by atoms with Gasteiger partial charge in [0.15, 0.2) is 11.6 Å². The number of aliphatic hydroxyl groups excluding tert-OH is 1. The summed E-state index contributed by atoms with van der Waals surface area (Å²) >= 11 is 0. The van der Waals surface area contributed by atoms with Gasteiger partial charge < -0.3 is 25.1 Å². The molecule has 1 saturated heterocycles. The van der Waals surface area contributed by atoms with Crippen molar-refractivity contribution in [1.29, 1.82) is 0 Å². The van der Waals surface area contributed by atoms with E-state index in [0.29, 0.717) is 28.8 Å². The largest absolute Gasteiger partial charge is 0.508 e. The minimum Gasteiger partial charge on any atom is -0.508 e. The summed E-state index contributed by atoms with van der Waals surface area (Å²) in [7, 11) is 3.71. The summed E-state index contributed by atoms with van der Waals surface area (Å²) in [5.74, 6) is -3.18. The zero-order valence-electron chi connectivity index (χ0n) is 22.4. The van der Waals surface area contributed by atoms with Crippen LogP contribution < -0.4 is 0 Å². The lowest BCUT2D eigenvalue weighted by atomic mass is 9.67. The van der Waals surface area contributed by atoms with Gasteiger partial charge in [0.25, 0.3) is 0 Å². The van der Waals surface area contributed by atoms with Crippen LogP contribution in [0.4, 0.5) is 4.39 Å². The zero-order chi connectivity index (χ0) is 28.3. The van der Waals surface area contributed by atoms with Crippen molar-refractivity contribution in [3.05, 3.63) is 94.8 Å². The molecule has 8 heteroatoms. The molecule has 206 valence electrons. The van der Waals surface area contributed by atoms with E-state index in [4.69, 9.17) is 0 Å². The number of likely N-dealkylation sites (N-methyl/N-ethyl adjacent to an activating group) is 1. The highest BCUT2D eigenvalue weighted by atomic mass is 19.1. The molecule has 0 bridgehead atoms. The van der Waals surface area contributed by atoms with Crippen LogP contribution in [0.5, 0.6) is 11.5 Å². The van der Waals surface area contributed by atoms with Crippen molar-refractivity contribution in [3.8, 4) is 11.5 Å². The molecule has 3 atom stereocenters. The second-order valence-electron chi connectivity index (χ2n) is 10.5. The molecule has 0 unspecified atom stereocenters. The van der Waals surface area contributed by atoms with Crippen molar-refractivity contribution in [2.75, 3.05) is 40.3 Å². The van der Waals surface area contributed by atoms with Gasteiger partial charge in [0.1, 0.15) is 17.3 Å². The first kappa shape index (κ1) is 28.4. The molecule has 1 aliphatic heterocycles. The predicted octanol–water partition coefficient (Wildman–Crippen LogP) is 3.87. The summed E-state index contributed by atoms with van der Waals surface area (Å²) in [5.41, 5.74) is 1.56. The number of phenolic OH excluding ortho intramolecular Hbond substituents is 2. The number of carbonyl (C=O) groups excluding carboxylic acids is 2. The quantitative estimate of drug-likeness (QED) is 0.359. The molecule has 1 fully saturated rings. The third-order valence-corrected chi connectivity index (χ3v) is 7.79. The van der Waals surface area contributed by atoms with Gasteiger partial charge in [-0.25, -0.2) is 4.39 Å². The van der Waals surface area contributed by atoms with Gasteiger partial charge in [-0.2, -0.15) is 0 Å². The van der Waals surface area contributed by atoms with Gasteiger partial charge in [-0.3, -0.25) is 9.59 Å². The Morgan fingerprint density at radius 3 is 1.90 bits per heavy atom. The maximum Gasteiger partial charge on any atom is 0.167 e. The first-order valence-corrected chi connectivity index (χ1v) is 13.0. The lowest BCUT2D eigenvalue weighted by Crippen LogP contribution is -2.54. The molecule has 3 aromatic rings. The minimum atomic E-state index is -0.742. The van der Waals surface area contributed by atoms with E-state index in [9.17, 15) is 29.3 Å². The number of piperidine rings is 1. The Kier molecular flexibility index (Phi) is 8.80. The van der Waals surface area contributed by atoms with Crippen molar-refractivity contribution in [3.63, 3.8) is 0 Å². The Morgan fingerprint density at radius 2 is 1.44 bits per heavy atom. The highest BCUT2D eigenvalue weighted by Gasteiger charge is 2.46. The summed E-state index contributed by atoms with van der Waals surface area (Å²) in [4.78, 5) is 32.1. The molecule has 0 aliphatic carbocycles. The highest BCUT2D eigenvalue weighted by molar-refractivity contribution is 6.02. The number of aliphatic hydroxyl groups is 1. The Morgan fingerprint density at radius 1 is 0.923 bits per heavy atom. The van der Waals surface area contributed by atoms with Crippen LogP contribution in [0.2, 0.25) is 0 Å². The van der Waals surface area contributed by atoms with Gasteiger partial charge in [-0.1, -0.05) is 36.4 Å². The van der Waals surface area contributed by atoms with Gasteiger partial charge in [0.2, 0.25) is 0 Å². The Hall–Kier alpha value is -3.59. The number of carbonyl (C=O) groups is 2. The molecule has 1 heterocycles. The number of aromatic hydroxyl groups is 2. The van der Waals surface area contributed by atoms with Crippen LogP contribution in [0.3, 0.4) is 0 Å². The summed E-state index contributed by atoms with van der Waals surface area (Å²) < 4.78 is 14.8. The molecule has 39 heavy (non-hydrogen) atoms. The van der Waals surface area contributed by atoms with Crippen molar-refractivity contribution < 1.29 is 29.3 Å². The summed E-state index contributed by atoms with van der Waals surface area (Å²) in [6.45, 7) is 2.52. The first-order chi connectivity index (χ1) is 18.6. The Labute approximate surface area is 228 Å². The van der Waals surface area contributed by atoms with Gasteiger partial charge in [0, 0.05) is 54.6 Å². The number of hydrogen-bond acceptors (Lipinski definition) is 7. The van der Waals surface area contributed by atoms with Crippen molar-refractivity contribution in [1.82, 2.24) is 9.80 Å². The van der Waals surface area contributed by atoms with E-state index in [1.54, 1.807) is 43.3 Å². The number of rotatable bonds is 9. The normalized spacial score (nSPS) is 19.2. The number of nitrogens with zero attached hydrogens (tertiary/aromatic N) is 2. The number of hydrogen-bond donors (Lipinski definition) is 3. The van der Waals surface area contributed by atoms with Gasteiger partial charge >= 0.3 is 0 Å². The smallest absolute Gasteiger partial charge is 0.167 e. The molecule has 0 spiro atoms. The van der Waals surface area contributed by atoms with Gasteiger partial charge in [0.05, 0.1) is 6.61 Å². The van der Waals surface area contributed by atoms with Crippen LogP contribution in [0.1, 0.15) is 37.8 Å². The van der Waals surface area contributed by atoms with E-state index in [0.717, 1.165) is 0 Å². The highest BCUT2D eigenvalue weighted by Crippen LogP contribution is 2.42. The fourth-order valence-corrected chi connectivity index (χ4v) is 5.63. The minimum absolute atomic E-state index is 0.0488. The molecule has 1 aliphatic rings. The fraction of sp³-hybridized carbons (Fsp3) is 0.355. The first-order valence-electron chi connectivity index (χ1n) is 13.0. The molecule has 4 rings (SSSR count). The third kappa shape index (κ3) is 6.19. The lowest BCUT2D eigenvalue weighted by Gasteiger charge is -2.45. The van der Waals surface area contributed by atoms with E-state index < -0.39 is 23.6 Å². The van der Waals surface area contributed by atoms with Crippen molar-refractivity contribution in [2.45, 2.75) is 18.9 Å². The van der Waals surface area contributed by atoms with E-state index >= 15 is 0 Å². The monoisotopic (exact) mass is 534 g/mol. The summed E-state index contributed by atoms with van der Waals surface area (Å²) in [6.07, 6.45) is 0. The average Bonchev–Trinajstić information content (AvgIpc) is 2.92. The molecule has 3 aromatic carbocycles. The molecule has 0 saturated carbocycles. The zero-order valence-corrected chi connectivity index (χ0v) is 22.4. The molecule has 0 aromatic heterocycles. The summed E-state index contributed by atoms with van der Waals surface area (Å²) in [6, 6.07) is 16.7. The summed E-state index contributed by atoms with van der Waals surface area (Å²) in [5, 5.41) is 30.2. The molecular formula is C31H35FN2O5. The van der Waals surface area contributed by atoms with Crippen LogP contribution in [0, 0.1) is 24.6 Å². The van der Waals surface area contributed by atoms with E-state index in [-0.39, 0.29) is 48.8 Å².